The van der Waals surface area contributed by atoms with Gasteiger partial charge in [0.1, 0.15) is 13.1 Å². The minimum atomic E-state index is -0.267. The molecule has 0 spiro atoms. The van der Waals surface area contributed by atoms with Crippen molar-refractivity contribution in [2.45, 2.75) is 0 Å². The van der Waals surface area contributed by atoms with Gasteiger partial charge in [-0.15, -0.1) is 0 Å². The molecule has 116 valence electrons. The Morgan fingerprint density at radius 1 is 1.09 bits per heavy atom. The molecule has 23 heavy (non-hydrogen) atoms. The summed E-state index contributed by atoms with van der Waals surface area (Å²) < 4.78 is 0. The fraction of sp³-hybridized carbons (Fsp3) is 0.125. The van der Waals surface area contributed by atoms with Gasteiger partial charge in [-0.25, -0.2) is 5.01 Å². The molecule has 0 aliphatic carbocycles. The van der Waals surface area contributed by atoms with E-state index in [1.807, 2.05) is 6.07 Å². The Labute approximate surface area is 138 Å². The number of pyridine rings is 1. The number of piperazine rings is 1. The number of anilines is 1. The molecule has 1 fully saturated rings. The van der Waals surface area contributed by atoms with Gasteiger partial charge in [0.2, 0.25) is 5.91 Å². The van der Waals surface area contributed by atoms with Crippen molar-refractivity contribution in [3.8, 4) is 0 Å². The van der Waals surface area contributed by atoms with Crippen molar-refractivity contribution in [3.63, 3.8) is 0 Å². The Balaban J connectivity index is 1.74. The van der Waals surface area contributed by atoms with Crippen LogP contribution in [0.5, 0.6) is 0 Å². The molecule has 0 radical (unpaired) electrons. The Morgan fingerprint density at radius 3 is 2.70 bits per heavy atom. The highest BCUT2D eigenvalue weighted by molar-refractivity contribution is 6.31. The molecule has 0 N–H and O–H groups in total. The molecule has 2 amide bonds. The third-order valence-electron chi connectivity index (χ3n) is 3.30. The maximum absolute atomic E-state index is 12.3. The first-order chi connectivity index (χ1) is 11.1. The molecule has 1 aromatic heterocycles. The van der Waals surface area contributed by atoms with Crippen molar-refractivity contribution in [1.29, 1.82) is 0 Å². The molecule has 1 aliphatic heterocycles. The van der Waals surface area contributed by atoms with Crippen molar-refractivity contribution in [2.24, 2.45) is 5.10 Å². The van der Waals surface area contributed by atoms with Crippen LogP contribution in [-0.2, 0) is 9.59 Å². The highest BCUT2D eigenvalue weighted by atomic mass is 35.5. The molecule has 0 atom stereocenters. The number of amides is 2. The van der Waals surface area contributed by atoms with Crippen molar-refractivity contribution >= 4 is 35.3 Å². The number of nitrogens with zero attached hydrogens (tertiary/aromatic N) is 4. The van der Waals surface area contributed by atoms with Gasteiger partial charge in [-0.3, -0.25) is 14.6 Å². The minimum Gasteiger partial charge on any atom is -0.301 e. The van der Waals surface area contributed by atoms with E-state index >= 15 is 0 Å². The van der Waals surface area contributed by atoms with Crippen LogP contribution in [0.1, 0.15) is 5.69 Å². The number of hydrogen-bond acceptors (Lipinski definition) is 4. The summed E-state index contributed by atoms with van der Waals surface area (Å²) in [5.74, 6) is -0.484. The summed E-state index contributed by atoms with van der Waals surface area (Å²) in [7, 11) is 0. The third-order valence-corrected chi connectivity index (χ3v) is 3.54. The van der Waals surface area contributed by atoms with Crippen molar-refractivity contribution in [2.75, 3.05) is 18.0 Å². The van der Waals surface area contributed by atoms with Gasteiger partial charge in [0.05, 0.1) is 11.9 Å². The van der Waals surface area contributed by atoms with Gasteiger partial charge in [0.25, 0.3) is 5.91 Å². The number of hydrogen-bond donors (Lipinski definition) is 0. The van der Waals surface area contributed by atoms with Crippen LogP contribution in [0.4, 0.5) is 5.69 Å². The van der Waals surface area contributed by atoms with Gasteiger partial charge >= 0.3 is 0 Å². The fourth-order valence-corrected chi connectivity index (χ4v) is 2.36. The van der Waals surface area contributed by atoms with E-state index in [0.29, 0.717) is 16.4 Å². The minimum absolute atomic E-state index is 0.0707. The number of benzene rings is 1. The molecule has 7 heteroatoms. The largest absolute Gasteiger partial charge is 0.301 e. The van der Waals surface area contributed by atoms with Gasteiger partial charge in [-0.1, -0.05) is 23.7 Å². The summed E-state index contributed by atoms with van der Waals surface area (Å²) in [6, 6.07) is 12.2. The third kappa shape index (κ3) is 3.54. The maximum Gasteiger partial charge on any atom is 0.263 e. The predicted octanol–water partition coefficient (Wildman–Crippen LogP) is 1.94. The Bertz CT molecular complexity index is 764. The van der Waals surface area contributed by atoms with E-state index in [1.54, 1.807) is 42.6 Å². The van der Waals surface area contributed by atoms with Gasteiger partial charge in [0.15, 0.2) is 0 Å². The van der Waals surface area contributed by atoms with Gasteiger partial charge in [0, 0.05) is 16.9 Å². The van der Waals surface area contributed by atoms with Crippen molar-refractivity contribution < 1.29 is 9.59 Å². The second kappa shape index (κ2) is 6.58. The number of carbonyl (C=O) groups excluding carboxylic acids is 2. The average molecular weight is 329 g/mol. The number of halogens is 1. The SMILES string of the molecule is O=C1CN(c2cccc(Cl)c2)C(=O)CN1N=Cc1ccccn1. The summed E-state index contributed by atoms with van der Waals surface area (Å²) >= 11 is 5.93. The second-order valence-electron chi connectivity index (χ2n) is 4.91. The molecule has 2 heterocycles. The summed E-state index contributed by atoms with van der Waals surface area (Å²) in [6.45, 7) is -0.187. The predicted molar refractivity (Wildman–Crippen MR) is 87.3 cm³/mol. The van der Waals surface area contributed by atoms with Gasteiger partial charge in [-0.2, -0.15) is 5.10 Å². The van der Waals surface area contributed by atoms with E-state index in [0.717, 1.165) is 5.01 Å². The summed E-state index contributed by atoms with van der Waals surface area (Å²) in [4.78, 5) is 30.0. The van der Waals surface area contributed by atoms with E-state index < -0.39 is 0 Å². The van der Waals surface area contributed by atoms with Crippen LogP contribution in [0.2, 0.25) is 5.02 Å². The highest BCUT2D eigenvalue weighted by Gasteiger charge is 2.30. The normalized spacial score (nSPS) is 15.5. The average Bonchev–Trinajstić information content (AvgIpc) is 2.56. The molecular formula is C16H13ClN4O2. The zero-order chi connectivity index (χ0) is 16.2. The standard InChI is InChI=1S/C16H13ClN4O2/c17-12-4-3-6-14(8-12)20-10-16(23)21(11-15(20)22)19-9-13-5-1-2-7-18-13/h1-9H,10-11H2. The molecular weight excluding hydrogens is 316 g/mol. The summed E-state index contributed by atoms with van der Waals surface area (Å²) in [5.41, 5.74) is 1.22. The molecule has 3 rings (SSSR count). The van der Waals surface area contributed by atoms with Crippen LogP contribution < -0.4 is 4.90 Å². The van der Waals surface area contributed by atoms with Gasteiger partial charge in [-0.05, 0) is 30.3 Å². The number of carbonyl (C=O) groups is 2. The van der Waals surface area contributed by atoms with Crippen molar-refractivity contribution in [1.82, 2.24) is 9.99 Å². The van der Waals surface area contributed by atoms with Crippen LogP contribution in [-0.4, -0.2) is 41.1 Å². The zero-order valence-electron chi connectivity index (χ0n) is 12.1. The molecule has 1 aromatic carbocycles. The lowest BCUT2D eigenvalue weighted by atomic mass is 10.2. The quantitative estimate of drug-likeness (QED) is 0.809. The van der Waals surface area contributed by atoms with Crippen LogP contribution in [0, 0.1) is 0 Å². The van der Waals surface area contributed by atoms with Crippen molar-refractivity contribution in [3.05, 3.63) is 59.4 Å². The Morgan fingerprint density at radius 2 is 1.96 bits per heavy atom. The van der Waals surface area contributed by atoms with Crippen LogP contribution in [0.3, 0.4) is 0 Å². The molecule has 6 nitrogen and oxygen atoms in total. The smallest absolute Gasteiger partial charge is 0.263 e. The first-order valence-electron chi connectivity index (χ1n) is 6.95. The zero-order valence-corrected chi connectivity index (χ0v) is 12.8. The first-order valence-corrected chi connectivity index (χ1v) is 7.32. The van der Waals surface area contributed by atoms with Crippen LogP contribution >= 0.6 is 11.6 Å². The Kier molecular flexibility index (Phi) is 4.34. The van der Waals surface area contributed by atoms with E-state index in [2.05, 4.69) is 10.1 Å². The van der Waals surface area contributed by atoms with Gasteiger partial charge < -0.3 is 4.90 Å². The molecule has 0 unspecified atom stereocenters. The molecule has 2 aromatic rings. The maximum atomic E-state index is 12.3. The van der Waals surface area contributed by atoms with E-state index in [-0.39, 0.29) is 24.9 Å². The van der Waals surface area contributed by atoms with E-state index in [4.69, 9.17) is 11.6 Å². The molecule has 0 saturated carbocycles. The van der Waals surface area contributed by atoms with E-state index in [9.17, 15) is 9.59 Å². The lowest BCUT2D eigenvalue weighted by Crippen LogP contribution is -2.52. The second-order valence-corrected chi connectivity index (χ2v) is 5.35. The lowest BCUT2D eigenvalue weighted by Gasteiger charge is -2.31. The monoisotopic (exact) mass is 328 g/mol. The summed E-state index contributed by atoms with van der Waals surface area (Å²) in [6.07, 6.45) is 3.09. The lowest BCUT2D eigenvalue weighted by molar-refractivity contribution is -0.138. The fourth-order valence-electron chi connectivity index (χ4n) is 2.17. The molecule has 1 saturated heterocycles. The van der Waals surface area contributed by atoms with Crippen LogP contribution in [0.15, 0.2) is 53.8 Å². The number of aromatic nitrogens is 1. The van der Waals surface area contributed by atoms with Crippen LogP contribution in [0.25, 0.3) is 0 Å². The molecule has 0 bridgehead atoms. The van der Waals surface area contributed by atoms with E-state index in [1.165, 1.54) is 11.1 Å². The number of hydrazone groups is 1. The summed E-state index contributed by atoms with van der Waals surface area (Å²) in [5, 5.41) is 5.72. The first kappa shape index (κ1) is 15.2. The topological polar surface area (TPSA) is 65.9 Å². The Hall–Kier alpha value is -2.73. The molecule has 1 aliphatic rings. The highest BCUT2D eigenvalue weighted by Crippen LogP contribution is 2.21. The number of rotatable bonds is 3.